The molecule has 8 nitrogen and oxygen atoms in total. The fraction of sp³-hybridized carbons (Fsp3) is 0.882. The van der Waals surface area contributed by atoms with Gasteiger partial charge in [0.2, 0.25) is 5.91 Å². The highest BCUT2D eigenvalue weighted by Gasteiger charge is 2.42. The highest BCUT2D eigenvalue weighted by molar-refractivity contribution is 5.84. The summed E-state index contributed by atoms with van der Waals surface area (Å²) in [6.45, 7) is 6.40. The molecule has 0 saturated carbocycles. The van der Waals surface area contributed by atoms with Crippen LogP contribution < -0.4 is 5.32 Å². The Morgan fingerprint density at radius 3 is 2.76 bits per heavy atom. The number of carbonyl (C=O) groups is 1. The number of piperidine rings is 1. The monoisotopic (exact) mass is 356 g/mol. The highest BCUT2D eigenvalue weighted by atomic mass is 16.7. The first-order valence-corrected chi connectivity index (χ1v) is 8.96. The molecule has 25 heavy (non-hydrogen) atoms. The molecule has 2 rings (SSSR count). The van der Waals surface area contributed by atoms with Crippen LogP contribution in [0.15, 0.2) is 4.99 Å². The molecule has 2 aliphatic rings. The standard InChI is InChI=1S/C17H32N4O4/c1-17(24-10-11-25-17)14-6-5-8-21(13-14)16(18-7-9-23-4)19-12-15(22)20(2)3/h14H,5-13H2,1-4H3,(H,18,19). The third-order valence-corrected chi connectivity index (χ3v) is 4.78. The summed E-state index contributed by atoms with van der Waals surface area (Å²) >= 11 is 0. The van der Waals surface area contributed by atoms with Crippen molar-refractivity contribution < 1.29 is 19.0 Å². The molecule has 2 fully saturated rings. The van der Waals surface area contributed by atoms with Gasteiger partial charge in [0.25, 0.3) is 0 Å². The predicted octanol–water partition coefficient (Wildman–Crippen LogP) is 0.142. The van der Waals surface area contributed by atoms with Gasteiger partial charge < -0.3 is 29.3 Å². The molecule has 0 aliphatic carbocycles. The second-order valence-corrected chi connectivity index (χ2v) is 6.85. The van der Waals surface area contributed by atoms with Crippen LogP contribution in [0.4, 0.5) is 0 Å². The summed E-state index contributed by atoms with van der Waals surface area (Å²) in [7, 11) is 5.14. The fourth-order valence-electron chi connectivity index (χ4n) is 3.18. The van der Waals surface area contributed by atoms with E-state index in [1.165, 1.54) is 0 Å². The molecule has 2 heterocycles. The van der Waals surface area contributed by atoms with Gasteiger partial charge in [-0.2, -0.15) is 0 Å². The van der Waals surface area contributed by atoms with Gasteiger partial charge in [0.1, 0.15) is 6.54 Å². The largest absolute Gasteiger partial charge is 0.383 e. The molecule has 2 aliphatic heterocycles. The molecule has 8 heteroatoms. The lowest BCUT2D eigenvalue weighted by Crippen LogP contribution is -2.52. The van der Waals surface area contributed by atoms with Gasteiger partial charge in [0, 0.05) is 46.8 Å². The summed E-state index contributed by atoms with van der Waals surface area (Å²) in [5, 5.41) is 3.31. The van der Waals surface area contributed by atoms with Crippen molar-refractivity contribution in [1.82, 2.24) is 15.1 Å². The van der Waals surface area contributed by atoms with E-state index in [4.69, 9.17) is 14.2 Å². The van der Waals surface area contributed by atoms with Crippen LogP contribution in [-0.2, 0) is 19.0 Å². The molecule has 1 atom stereocenters. The summed E-state index contributed by atoms with van der Waals surface area (Å²) in [5.74, 6) is 0.491. The molecule has 0 aromatic heterocycles. The normalized spacial score (nSPS) is 23.6. The van der Waals surface area contributed by atoms with E-state index in [2.05, 4.69) is 15.2 Å². The van der Waals surface area contributed by atoms with Gasteiger partial charge in [-0.25, -0.2) is 4.99 Å². The fourth-order valence-corrected chi connectivity index (χ4v) is 3.18. The van der Waals surface area contributed by atoms with E-state index in [1.807, 2.05) is 6.92 Å². The first-order valence-electron chi connectivity index (χ1n) is 8.96. The molecule has 1 amide bonds. The quantitative estimate of drug-likeness (QED) is 0.415. The van der Waals surface area contributed by atoms with E-state index < -0.39 is 5.79 Å². The van der Waals surface area contributed by atoms with Crippen LogP contribution in [0.3, 0.4) is 0 Å². The van der Waals surface area contributed by atoms with Crippen molar-refractivity contribution in [3.63, 3.8) is 0 Å². The number of hydrogen-bond acceptors (Lipinski definition) is 5. The van der Waals surface area contributed by atoms with Gasteiger partial charge in [-0.1, -0.05) is 0 Å². The lowest BCUT2D eigenvalue weighted by molar-refractivity contribution is -0.189. The van der Waals surface area contributed by atoms with Crippen LogP contribution in [-0.4, -0.2) is 94.7 Å². The lowest BCUT2D eigenvalue weighted by Gasteiger charge is -2.41. The zero-order chi connectivity index (χ0) is 18.3. The van der Waals surface area contributed by atoms with Crippen LogP contribution in [0.1, 0.15) is 19.8 Å². The number of nitrogens with zero attached hydrogens (tertiary/aromatic N) is 3. The van der Waals surface area contributed by atoms with Gasteiger partial charge >= 0.3 is 0 Å². The Morgan fingerprint density at radius 1 is 1.40 bits per heavy atom. The van der Waals surface area contributed by atoms with E-state index in [0.717, 1.165) is 31.9 Å². The van der Waals surface area contributed by atoms with Crippen molar-refractivity contribution in [3.05, 3.63) is 0 Å². The van der Waals surface area contributed by atoms with E-state index in [0.29, 0.717) is 26.4 Å². The summed E-state index contributed by atoms with van der Waals surface area (Å²) in [6.07, 6.45) is 2.11. The molecule has 1 N–H and O–H groups in total. The number of amides is 1. The number of rotatable bonds is 6. The second kappa shape index (κ2) is 9.35. The summed E-state index contributed by atoms with van der Waals surface area (Å²) in [5.41, 5.74) is 0. The zero-order valence-electron chi connectivity index (χ0n) is 15.9. The van der Waals surface area contributed by atoms with E-state index in [9.17, 15) is 4.79 Å². The third kappa shape index (κ3) is 5.55. The van der Waals surface area contributed by atoms with Gasteiger partial charge in [-0.3, -0.25) is 4.79 Å². The zero-order valence-corrected chi connectivity index (χ0v) is 15.9. The summed E-state index contributed by atoms with van der Waals surface area (Å²) in [4.78, 5) is 20.2. The molecule has 0 aromatic rings. The molecule has 0 aromatic carbocycles. The first kappa shape index (κ1) is 19.9. The average molecular weight is 356 g/mol. The molecular formula is C17H32N4O4. The Kier molecular flexibility index (Phi) is 7.46. The Balaban J connectivity index is 2.03. The lowest BCUT2D eigenvalue weighted by atomic mass is 9.90. The van der Waals surface area contributed by atoms with Crippen LogP contribution in [0.25, 0.3) is 0 Å². The number of aliphatic imine (C=N–C) groups is 1. The summed E-state index contributed by atoms with van der Waals surface area (Å²) in [6, 6.07) is 0. The number of likely N-dealkylation sites (tertiary alicyclic amines) is 1. The van der Waals surface area contributed by atoms with Crippen molar-refractivity contribution in [1.29, 1.82) is 0 Å². The van der Waals surface area contributed by atoms with Crippen LogP contribution in [0.5, 0.6) is 0 Å². The number of likely N-dealkylation sites (N-methyl/N-ethyl adjacent to an activating group) is 1. The van der Waals surface area contributed by atoms with E-state index in [1.54, 1.807) is 26.1 Å². The molecule has 0 radical (unpaired) electrons. The Bertz CT molecular complexity index is 464. The van der Waals surface area contributed by atoms with E-state index in [-0.39, 0.29) is 18.4 Å². The molecule has 1 unspecified atom stereocenters. The van der Waals surface area contributed by atoms with Crippen LogP contribution in [0, 0.1) is 5.92 Å². The van der Waals surface area contributed by atoms with Crippen molar-refractivity contribution in [2.45, 2.75) is 25.6 Å². The maximum Gasteiger partial charge on any atom is 0.243 e. The number of hydrogen-bond donors (Lipinski definition) is 1. The highest BCUT2D eigenvalue weighted by Crippen LogP contribution is 2.34. The second-order valence-electron chi connectivity index (χ2n) is 6.85. The van der Waals surface area contributed by atoms with E-state index >= 15 is 0 Å². The Morgan fingerprint density at radius 2 is 2.12 bits per heavy atom. The molecular weight excluding hydrogens is 324 g/mol. The minimum absolute atomic E-state index is 0.0194. The smallest absolute Gasteiger partial charge is 0.243 e. The minimum atomic E-state index is -0.518. The average Bonchev–Trinajstić information content (AvgIpc) is 3.05. The predicted molar refractivity (Wildman–Crippen MR) is 95.5 cm³/mol. The number of nitrogens with one attached hydrogen (secondary N) is 1. The molecule has 2 saturated heterocycles. The maximum absolute atomic E-state index is 11.9. The third-order valence-electron chi connectivity index (χ3n) is 4.78. The van der Waals surface area contributed by atoms with Crippen molar-refractivity contribution in [3.8, 4) is 0 Å². The number of methoxy groups -OCH3 is 1. The maximum atomic E-state index is 11.9. The van der Waals surface area contributed by atoms with Gasteiger partial charge in [0.05, 0.1) is 19.8 Å². The molecule has 144 valence electrons. The van der Waals surface area contributed by atoms with Crippen molar-refractivity contribution >= 4 is 11.9 Å². The number of carbonyl (C=O) groups excluding carboxylic acids is 1. The number of ether oxygens (including phenoxy) is 3. The molecule has 0 bridgehead atoms. The Hall–Kier alpha value is -1.38. The Labute approximate surface area is 150 Å². The van der Waals surface area contributed by atoms with Crippen molar-refractivity contribution in [2.75, 3.05) is 67.2 Å². The van der Waals surface area contributed by atoms with Crippen LogP contribution in [0.2, 0.25) is 0 Å². The van der Waals surface area contributed by atoms with Gasteiger partial charge in [0.15, 0.2) is 11.7 Å². The SMILES string of the molecule is COCCNC(=NCC(=O)N(C)C)N1CCCC(C2(C)OCCO2)C1. The number of guanidine groups is 1. The van der Waals surface area contributed by atoms with Gasteiger partial charge in [-0.05, 0) is 19.8 Å². The minimum Gasteiger partial charge on any atom is -0.383 e. The van der Waals surface area contributed by atoms with Gasteiger partial charge in [-0.15, -0.1) is 0 Å². The van der Waals surface area contributed by atoms with Crippen molar-refractivity contribution in [2.24, 2.45) is 10.9 Å². The topological polar surface area (TPSA) is 75.6 Å². The first-order chi connectivity index (χ1) is 12.0. The molecule has 0 spiro atoms. The summed E-state index contributed by atoms with van der Waals surface area (Å²) < 4.78 is 16.8. The van der Waals surface area contributed by atoms with Crippen LogP contribution >= 0.6 is 0 Å².